The highest BCUT2D eigenvalue weighted by Crippen LogP contribution is 2.31. The Morgan fingerprint density at radius 3 is 2.90 bits per heavy atom. The molecule has 1 fully saturated rings. The summed E-state index contributed by atoms with van der Waals surface area (Å²) in [5.41, 5.74) is 6.42. The minimum absolute atomic E-state index is 0.300. The molecule has 0 radical (unpaired) electrons. The highest BCUT2D eigenvalue weighted by molar-refractivity contribution is 7.90. The molecule has 2 aliphatic heterocycles. The number of rotatable bonds is 2. The van der Waals surface area contributed by atoms with Gasteiger partial charge in [-0.3, -0.25) is 0 Å². The van der Waals surface area contributed by atoms with Gasteiger partial charge in [-0.15, -0.1) is 4.40 Å². The molecule has 1 aromatic rings. The van der Waals surface area contributed by atoms with E-state index < -0.39 is 10.0 Å². The van der Waals surface area contributed by atoms with E-state index in [-0.39, 0.29) is 0 Å². The molecule has 1 saturated heterocycles. The molecule has 0 spiro atoms. The first-order valence-electron chi connectivity index (χ1n) is 7.04. The Morgan fingerprint density at radius 2 is 2.10 bits per heavy atom. The van der Waals surface area contributed by atoms with E-state index in [0.29, 0.717) is 23.3 Å². The van der Waals surface area contributed by atoms with Crippen LogP contribution in [0.5, 0.6) is 0 Å². The van der Waals surface area contributed by atoms with Crippen LogP contribution in [-0.4, -0.2) is 38.3 Å². The fraction of sp³-hybridized carbons (Fsp3) is 0.500. The Labute approximate surface area is 119 Å². The molecular weight excluding hydrogens is 274 g/mol. The molecule has 3 rings (SSSR count). The molecule has 0 bridgehead atoms. The molecule has 2 N–H and O–H groups in total. The molecule has 6 heteroatoms. The van der Waals surface area contributed by atoms with Gasteiger partial charge in [0.2, 0.25) is 0 Å². The van der Waals surface area contributed by atoms with Crippen molar-refractivity contribution in [3.8, 4) is 0 Å². The predicted octanol–water partition coefficient (Wildman–Crippen LogP) is 1.34. The summed E-state index contributed by atoms with van der Waals surface area (Å²) in [6.07, 6.45) is 4.17. The SMILES string of the molecule is NCCC1CCCCN1C1=NS(=O)(=O)c2ccccc21. The lowest BCUT2D eigenvalue weighted by Crippen LogP contribution is -2.44. The molecule has 1 aromatic carbocycles. The molecule has 20 heavy (non-hydrogen) atoms. The van der Waals surface area contributed by atoms with Crippen LogP contribution in [0.3, 0.4) is 0 Å². The maximum atomic E-state index is 12.1. The van der Waals surface area contributed by atoms with E-state index in [1.165, 1.54) is 6.42 Å². The van der Waals surface area contributed by atoms with Gasteiger partial charge in [0, 0.05) is 18.2 Å². The molecule has 1 unspecified atom stereocenters. The van der Waals surface area contributed by atoms with E-state index in [4.69, 9.17) is 5.73 Å². The van der Waals surface area contributed by atoms with Crippen LogP contribution in [-0.2, 0) is 10.0 Å². The van der Waals surface area contributed by atoms with Gasteiger partial charge < -0.3 is 10.6 Å². The van der Waals surface area contributed by atoms with Crippen LogP contribution in [0.1, 0.15) is 31.2 Å². The topological polar surface area (TPSA) is 75.8 Å². The van der Waals surface area contributed by atoms with Gasteiger partial charge >= 0.3 is 0 Å². The Kier molecular flexibility index (Phi) is 3.52. The predicted molar refractivity (Wildman–Crippen MR) is 78.2 cm³/mol. The Hall–Kier alpha value is -1.40. The first-order chi connectivity index (χ1) is 9.63. The summed E-state index contributed by atoms with van der Waals surface area (Å²) < 4.78 is 28.3. The third kappa shape index (κ3) is 2.23. The average molecular weight is 293 g/mol. The second-order valence-corrected chi connectivity index (χ2v) is 6.88. The number of sulfonamides is 1. The molecule has 5 nitrogen and oxygen atoms in total. The molecule has 0 aromatic heterocycles. The minimum Gasteiger partial charge on any atom is -0.352 e. The van der Waals surface area contributed by atoms with Gasteiger partial charge in [0.25, 0.3) is 10.0 Å². The summed E-state index contributed by atoms with van der Waals surface area (Å²) in [4.78, 5) is 2.46. The van der Waals surface area contributed by atoms with Crippen LogP contribution in [0.2, 0.25) is 0 Å². The van der Waals surface area contributed by atoms with E-state index in [0.717, 1.165) is 31.4 Å². The zero-order chi connectivity index (χ0) is 14.2. The lowest BCUT2D eigenvalue weighted by molar-refractivity contribution is 0.233. The number of hydrogen-bond donors (Lipinski definition) is 1. The maximum absolute atomic E-state index is 12.1. The first-order valence-corrected chi connectivity index (χ1v) is 8.48. The summed E-state index contributed by atoms with van der Waals surface area (Å²) in [7, 11) is -3.53. The summed E-state index contributed by atoms with van der Waals surface area (Å²) in [5, 5.41) is 0. The van der Waals surface area contributed by atoms with Crippen LogP contribution in [0, 0.1) is 0 Å². The largest absolute Gasteiger partial charge is 0.352 e. The van der Waals surface area contributed by atoms with Gasteiger partial charge in [-0.05, 0) is 44.4 Å². The second kappa shape index (κ2) is 5.18. The Bertz CT molecular complexity index is 638. The normalized spacial score (nSPS) is 24.4. The Morgan fingerprint density at radius 1 is 1.30 bits per heavy atom. The van der Waals surface area contributed by atoms with Crippen LogP contribution in [0.15, 0.2) is 33.6 Å². The highest BCUT2D eigenvalue weighted by Gasteiger charge is 2.34. The van der Waals surface area contributed by atoms with Gasteiger partial charge in [0.15, 0.2) is 5.84 Å². The zero-order valence-corrected chi connectivity index (χ0v) is 12.1. The summed E-state index contributed by atoms with van der Waals surface area (Å²) in [6, 6.07) is 7.36. The van der Waals surface area contributed by atoms with Gasteiger partial charge in [-0.2, -0.15) is 8.42 Å². The van der Waals surface area contributed by atoms with Crippen LogP contribution < -0.4 is 5.73 Å². The van der Waals surface area contributed by atoms with E-state index in [1.54, 1.807) is 12.1 Å². The van der Waals surface area contributed by atoms with E-state index >= 15 is 0 Å². The molecular formula is C14H19N3O2S. The standard InChI is InChI=1S/C14H19N3O2S/c15-9-8-11-5-3-4-10-17(11)14-12-6-1-2-7-13(12)20(18,19)16-14/h1-2,6-7,11H,3-5,8-10,15H2. The lowest BCUT2D eigenvalue weighted by Gasteiger charge is -2.37. The summed E-state index contributed by atoms with van der Waals surface area (Å²) in [5.74, 6) is 0.610. The molecule has 2 heterocycles. The van der Waals surface area contributed by atoms with Crippen molar-refractivity contribution in [1.82, 2.24) is 4.90 Å². The highest BCUT2D eigenvalue weighted by atomic mass is 32.2. The number of fused-ring (bicyclic) bond motifs is 1. The van der Waals surface area contributed by atoms with Crippen LogP contribution in [0.25, 0.3) is 0 Å². The van der Waals surface area contributed by atoms with E-state index in [9.17, 15) is 8.42 Å². The first kappa shape index (κ1) is 13.6. The molecule has 0 aliphatic carbocycles. The number of piperidine rings is 1. The lowest BCUT2D eigenvalue weighted by atomic mass is 9.98. The Balaban J connectivity index is 2.01. The van der Waals surface area contributed by atoms with Crippen molar-refractivity contribution in [1.29, 1.82) is 0 Å². The van der Waals surface area contributed by atoms with Crippen molar-refractivity contribution >= 4 is 15.9 Å². The van der Waals surface area contributed by atoms with Gasteiger partial charge in [0.1, 0.15) is 4.90 Å². The smallest absolute Gasteiger partial charge is 0.285 e. The molecule has 0 amide bonds. The fourth-order valence-electron chi connectivity index (χ4n) is 3.07. The van der Waals surface area contributed by atoms with Crippen molar-refractivity contribution in [2.75, 3.05) is 13.1 Å². The monoisotopic (exact) mass is 293 g/mol. The molecule has 108 valence electrons. The number of nitrogens with two attached hydrogens (primary N) is 1. The average Bonchev–Trinajstić information content (AvgIpc) is 2.72. The van der Waals surface area contributed by atoms with Crippen molar-refractivity contribution in [2.24, 2.45) is 10.1 Å². The van der Waals surface area contributed by atoms with Crippen molar-refractivity contribution < 1.29 is 8.42 Å². The van der Waals surface area contributed by atoms with Gasteiger partial charge in [-0.1, -0.05) is 12.1 Å². The third-order valence-electron chi connectivity index (χ3n) is 4.01. The quantitative estimate of drug-likeness (QED) is 0.892. The number of nitrogens with zero attached hydrogens (tertiary/aromatic N) is 2. The summed E-state index contributed by atoms with van der Waals surface area (Å²) in [6.45, 7) is 1.47. The number of benzene rings is 1. The van der Waals surface area contributed by atoms with E-state index in [1.807, 2.05) is 12.1 Å². The second-order valence-electron chi connectivity index (χ2n) is 5.31. The maximum Gasteiger partial charge on any atom is 0.285 e. The van der Waals surface area contributed by atoms with Crippen molar-refractivity contribution in [3.63, 3.8) is 0 Å². The number of hydrogen-bond acceptors (Lipinski definition) is 4. The number of likely N-dealkylation sites (tertiary alicyclic amines) is 1. The van der Waals surface area contributed by atoms with Crippen molar-refractivity contribution in [2.45, 2.75) is 36.6 Å². The third-order valence-corrected chi connectivity index (χ3v) is 5.34. The molecule has 0 saturated carbocycles. The van der Waals surface area contributed by atoms with Gasteiger partial charge in [-0.25, -0.2) is 0 Å². The van der Waals surface area contributed by atoms with Crippen LogP contribution >= 0.6 is 0 Å². The van der Waals surface area contributed by atoms with E-state index in [2.05, 4.69) is 9.30 Å². The fourth-order valence-corrected chi connectivity index (χ4v) is 4.28. The summed E-state index contributed by atoms with van der Waals surface area (Å²) >= 11 is 0. The zero-order valence-electron chi connectivity index (χ0n) is 11.3. The van der Waals surface area contributed by atoms with Crippen LogP contribution in [0.4, 0.5) is 0 Å². The molecule has 1 atom stereocenters. The van der Waals surface area contributed by atoms with Gasteiger partial charge in [0.05, 0.1) is 0 Å². The minimum atomic E-state index is -3.53. The van der Waals surface area contributed by atoms with Crippen molar-refractivity contribution in [3.05, 3.63) is 29.8 Å². The number of amidine groups is 1. The molecule has 2 aliphatic rings.